The van der Waals surface area contributed by atoms with E-state index in [9.17, 15) is 10.1 Å². The lowest BCUT2D eigenvalue weighted by Crippen LogP contribution is -2.16. The van der Waals surface area contributed by atoms with Gasteiger partial charge >= 0.3 is 0 Å². The van der Waals surface area contributed by atoms with E-state index < -0.39 is 4.92 Å². The zero-order valence-corrected chi connectivity index (χ0v) is 11.9. The van der Waals surface area contributed by atoms with Crippen LogP contribution in [0.4, 0.5) is 5.69 Å². The SMILES string of the molecule is COc1cc(CNCCc2ccccc2)cc([N+](=O)[O-])c1. The van der Waals surface area contributed by atoms with Crippen molar-refractivity contribution >= 4 is 5.69 Å². The van der Waals surface area contributed by atoms with Crippen LogP contribution in [0.15, 0.2) is 48.5 Å². The molecule has 0 saturated heterocycles. The van der Waals surface area contributed by atoms with Crippen LogP contribution < -0.4 is 10.1 Å². The van der Waals surface area contributed by atoms with Crippen molar-refractivity contribution in [2.75, 3.05) is 13.7 Å². The van der Waals surface area contributed by atoms with Gasteiger partial charge in [-0.15, -0.1) is 0 Å². The van der Waals surface area contributed by atoms with Crippen LogP contribution in [0.5, 0.6) is 5.75 Å². The lowest BCUT2D eigenvalue weighted by atomic mass is 10.1. The maximum atomic E-state index is 10.9. The zero-order valence-electron chi connectivity index (χ0n) is 11.9. The Balaban J connectivity index is 1.90. The molecule has 5 nitrogen and oxygen atoms in total. The molecule has 0 saturated carbocycles. The molecule has 0 radical (unpaired) electrons. The molecule has 0 unspecified atom stereocenters. The summed E-state index contributed by atoms with van der Waals surface area (Å²) < 4.78 is 5.09. The van der Waals surface area contributed by atoms with Crippen LogP contribution in [0, 0.1) is 10.1 Å². The number of nitrogens with zero attached hydrogens (tertiary/aromatic N) is 1. The first-order valence-electron chi connectivity index (χ1n) is 6.76. The van der Waals surface area contributed by atoms with Gasteiger partial charge in [-0.2, -0.15) is 0 Å². The minimum Gasteiger partial charge on any atom is -0.496 e. The number of ether oxygens (including phenoxy) is 1. The van der Waals surface area contributed by atoms with Gasteiger partial charge in [-0.1, -0.05) is 30.3 Å². The van der Waals surface area contributed by atoms with Crippen molar-refractivity contribution in [1.29, 1.82) is 0 Å². The predicted octanol–water partition coefficient (Wildman–Crippen LogP) is 2.94. The molecule has 2 aromatic carbocycles. The van der Waals surface area contributed by atoms with E-state index in [1.807, 2.05) is 24.3 Å². The lowest BCUT2D eigenvalue weighted by Gasteiger charge is -2.07. The Bertz CT molecular complexity index is 600. The average Bonchev–Trinajstić information content (AvgIpc) is 2.52. The third-order valence-electron chi connectivity index (χ3n) is 3.16. The number of nitro benzene ring substituents is 1. The van der Waals surface area contributed by atoms with E-state index in [1.165, 1.54) is 18.7 Å². The number of non-ortho nitro benzene ring substituents is 1. The molecule has 2 rings (SSSR count). The van der Waals surface area contributed by atoms with Crippen molar-refractivity contribution in [3.05, 3.63) is 69.8 Å². The van der Waals surface area contributed by atoms with E-state index in [2.05, 4.69) is 17.4 Å². The second-order valence-electron chi connectivity index (χ2n) is 4.71. The smallest absolute Gasteiger partial charge is 0.273 e. The molecule has 0 fully saturated rings. The van der Waals surface area contributed by atoms with Crippen LogP contribution in [-0.2, 0) is 13.0 Å². The van der Waals surface area contributed by atoms with Crippen LogP contribution in [0.2, 0.25) is 0 Å². The van der Waals surface area contributed by atoms with E-state index in [0.29, 0.717) is 12.3 Å². The minimum atomic E-state index is -0.407. The molecule has 0 heterocycles. The normalized spacial score (nSPS) is 10.3. The largest absolute Gasteiger partial charge is 0.496 e. The van der Waals surface area contributed by atoms with Gasteiger partial charge in [0.25, 0.3) is 5.69 Å². The van der Waals surface area contributed by atoms with Gasteiger partial charge in [0.2, 0.25) is 0 Å². The summed E-state index contributed by atoms with van der Waals surface area (Å²) in [5, 5.41) is 14.2. The average molecular weight is 286 g/mol. The molecule has 0 atom stereocenters. The lowest BCUT2D eigenvalue weighted by molar-refractivity contribution is -0.385. The molecule has 1 N–H and O–H groups in total. The number of rotatable bonds is 7. The monoisotopic (exact) mass is 286 g/mol. The first-order chi connectivity index (χ1) is 10.2. The van der Waals surface area contributed by atoms with Crippen molar-refractivity contribution in [3.63, 3.8) is 0 Å². The number of nitrogens with one attached hydrogen (secondary N) is 1. The van der Waals surface area contributed by atoms with Gasteiger partial charge in [0, 0.05) is 12.6 Å². The maximum Gasteiger partial charge on any atom is 0.273 e. The zero-order chi connectivity index (χ0) is 15.1. The highest BCUT2D eigenvalue weighted by atomic mass is 16.6. The first-order valence-corrected chi connectivity index (χ1v) is 6.76. The molecule has 2 aromatic rings. The van der Waals surface area contributed by atoms with Gasteiger partial charge in [-0.05, 0) is 30.2 Å². The summed E-state index contributed by atoms with van der Waals surface area (Å²) in [6.45, 7) is 1.39. The number of methoxy groups -OCH3 is 1. The highest BCUT2D eigenvalue weighted by molar-refractivity contribution is 5.42. The standard InChI is InChI=1S/C16H18N2O3/c1-21-16-10-14(9-15(11-16)18(19)20)12-17-8-7-13-5-3-2-4-6-13/h2-6,9-11,17H,7-8,12H2,1H3. The molecule has 0 spiro atoms. The number of hydrogen-bond acceptors (Lipinski definition) is 4. The number of benzene rings is 2. The molecule has 0 aliphatic rings. The quantitative estimate of drug-likeness (QED) is 0.483. The molecule has 21 heavy (non-hydrogen) atoms. The Labute approximate surface area is 123 Å². The third-order valence-corrected chi connectivity index (χ3v) is 3.16. The number of nitro groups is 1. The van der Waals surface area contributed by atoms with Gasteiger partial charge in [0.05, 0.1) is 18.1 Å². The molecule has 0 bridgehead atoms. The highest BCUT2D eigenvalue weighted by Crippen LogP contribution is 2.22. The van der Waals surface area contributed by atoms with Crippen molar-refractivity contribution in [3.8, 4) is 5.75 Å². The summed E-state index contributed by atoms with van der Waals surface area (Å²) in [5.41, 5.74) is 2.16. The minimum absolute atomic E-state index is 0.0502. The molecule has 0 amide bonds. The number of hydrogen-bond donors (Lipinski definition) is 1. The van der Waals surface area contributed by atoms with Gasteiger partial charge in [0.15, 0.2) is 0 Å². The van der Waals surface area contributed by atoms with Crippen LogP contribution in [0.25, 0.3) is 0 Å². The summed E-state index contributed by atoms with van der Waals surface area (Å²) in [6, 6.07) is 15.0. The highest BCUT2D eigenvalue weighted by Gasteiger charge is 2.09. The fourth-order valence-corrected chi connectivity index (χ4v) is 2.08. The van der Waals surface area contributed by atoms with Gasteiger partial charge in [0.1, 0.15) is 5.75 Å². The summed E-state index contributed by atoms with van der Waals surface area (Å²) in [7, 11) is 1.51. The Morgan fingerprint density at radius 2 is 1.90 bits per heavy atom. The van der Waals surface area contributed by atoms with Crippen LogP contribution in [0.3, 0.4) is 0 Å². The molecular formula is C16H18N2O3. The molecule has 110 valence electrons. The predicted molar refractivity (Wildman–Crippen MR) is 81.5 cm³/mol. The van der Waals surface area contributed by atoms with E-state index in [-0.39, 0.29) is 5.69 Å². The van der Waals surface area contributed by atoms with Crippen LogP contribution in [-0.4, -0.2) is 18.6 Å². The molecule has 5 heteroatoms. The second-order valence-corrected chi connectivity index (χ2v) is 4.71. The molecule has 0 aromatic heterocycles. The van der Waals surface area contributed by atoms with Gasteiger partial charge < -0.3 is 10.1 Å². The Morgan fingerprint density at radius 1 is 1.14 bits per heavy atom. The summed E-state index contributed by atoms with van der Waals surface area (Å²) >= 11 is 0. The summed E-state index contributed by atoms with van der Waals surface area (Å²) in [5.74, 6) is 0.504. The maximum absolute atomic E-state index is 10.9. The van der Waals surface area contributed by atoms with Gasteiger partial charge in [-0.3, -0.25) is 10.1 Å². The Morgan fingerprint density at radius 3 is 2.57 bits per heavy atom. The fourth-order valence-electron chi connectivity index (χ4n) is 2.08. The molecule has 0 aliphatic heterocycles. The Hall–Kier alpha value is -2.40. The third kappa shape index (κ3) is 4.57. The molecule has 0 aliphatic carbocycles. The van der Waals surface area contributed by atoms with Crippen LogP contribution in [0.1, 0.15) is 11.1 Å². The van der Waals surface area contributed by atoms with E-state index in [0.717, 1.165) is 18.5 Å². The van der Waals surface area contributed by atoms with Crippen molar-refractivity contribution < 1.29 is 9.66 Å². The van der Waals surface area contributed by atoms with E-state index >= 15 is 0 Å². The van der Waals surface area contributed by atoms with Crippen molar-refractivity contribution in [2.45, 2.75) is 13.0 Å². The second kappa shape index (κ2) is 7.40. The summed E-state index contributed by atoms with van der Waals surface area (Å²) in [6.07, 6.45) is 0.924. The topological polar surface area (TPSA) is 64.4 Å². The van der Waals surface area contributed by atoms with E-state index in [1.54, 1.807) is 6.07 Å². The van der Waals surface area contributed by atoms with Crippen LogP contribution >= 0.6 is 0 Å². The summed E-state index contributed by atoms with van der Waals surface area (Å²) in [4.78, 5) is 10.5. The Kier molecular flexibility index (Phi) is 5.29. The van der Waals surface area contributed by atoms with Crippen molar-refractivity contribution in [1.82, 2.24) is 5.32 Å². The molecular weight excluding hydrogens is 268 g/mol. The van der Waals surface area contributed by atoms with Gasteiger partial charge in [-0.25, -0.2) is 0 Å². The fraction of sp³-hybridized carbons (Fsp3) is 0.250. The van der Waals surface area contributed by atoms with Crippen molar-refractivity contribution in [2.24, 2.45) is 0 Å². The first kappa shape index (κ1) is 15.0. The van der Waals surface area contributed by atoms with E-state index in [4.69, 9.17) is 4.74 Å².